The Morgan fingerprint density at radius 2 is 2.08 bits per heavy atom. The van der Waals surface area contributed by atoms with Crippen molar-refractivity contribution in [3.05, 3.63) is 57.8 Å². The molecule has 3 rings (SSSR count). The zero-order valence-electron chi connectivity index (χ0n) is 13.2. The van der Waals surface area contributed by atoms with Crippen LogP contribution < -0.4 is 11.1 Å². The Morgan fingerprint density at radius 3 is 2.75 bits per heavy atom. The minimum Gasteiger partial charge on any atom is -0.462 e. The number of nitrogens with zero attached hydrogens (tertiary/aromatic N) is 1. The number of pyridine rings is 2. The molecule has 0 aliphatic carbocycles. The molecule has 2 N–H and O–H groups in total. The second-order valence-corrected chi connectivity index (χ2v) is 5.16. The van der Waals surface area contributed by atoms with Crippen molar-refractivity contribution in [2.24, 2.45) is 0 Å². The maximum absolute atomic E-state index is 12.5. The third-order valence-corrected chi connectivity index (χ3v) is 3.52. The molecule has 0 radical (unpaired) electrons. The molecule has 0 aromatic carbocycles. The summed E-state index contributed by atoms with van der Waals surface area (Å²) >= 11 is 0. The molecule has 3 aromatic heterocycles. The summed E-state index contributed by atoms with van der Waals surface area (Å²) < 4.78 is 10.5. The number of H-pyrrole nitrogens is 1. The van der Waals surface area contributed by atoms with Crippen molar-refractivity contribution in [1.29, 1.82) is 5.41 Å². The number of aromatic amines is 1. The molecule has 0 atom stereocenters. The van der Waals surface area contributed by atoms with Crippen molar-refractivity contribution >= 4 is 16.9 Å². The first kappa shape index (κ1) is 15.7. The fourth-order valence-corrected chi connectivity index (χ4v) is 2.58. The number of fused-ring (bicyclic) bond motifs is 1. The number of hydrogen-bond acceptors (Lipinski definition) is 6. The van der Waals surface area contributed by atoms with Crippen LogP contribution in [-0.2, 0) is 4.74 Å². The van der Waals surface area contributed by atoms with Crippen LogP contribution in [0.4, 0.5) is 0 Å². The summed E-state index contributed by atoms with van der Waals surface area (Å²) in [5.41, 5.74) is 0.898. The van der Waals surface area contributed by atoms with Gasteiger partial charge in [-0.3, -0.25) is 15.2 Å². The van der Waals surface area contributed by atoms with Gasteiger partial charge in [-0.1, -0.05) is 0 Å². The highest BCUT2D eigenvalue weighted by Crippen LogP contribution is 2.28. The molecule has 0 spiro atoms. The van der Waals surface area contributed by atoms with Crippen molar-refractivity contribution in [3.8, 4) is 11.1 Å². The van der Waals surface area contributed by atoms with Gasteiger partial charge in [0.25, 0.3) is 5.56 Å². The van der Waals surface area contributed by atoms with E-state index >= 15 is 0 Å². The molecule has 0 aliphatic heterocycles. The summed E-state index contributed by atoms with van der Waals surface area (Å²) in [6, 6.07) is 4.95. The Bertz CT molecular complexity index is 1040. The number of esters is 1. The van der Waals surface area contributed by atoms with E-state index in [1.165, 1.54) is 0 Å². The SMILES string of the molecule is CCOC(=O)c1c(-c2ccncc2)c2c(=O)[nH]c(C)cc2oc1=N. The summed E-state index contributed by atoms with van der Waals surface area (Å²) in [5.74, 6) is -0.708. The molecule has 0 fully saturated rings. The van der Waals surface area contributed by atoms with Crippen molar-refractivity contribution in [3.63, 3.8) is 0 Å². The maximum Gasteiger partial charge on any atom is 0.344 e. The highest BCUT2D eigenvalue weighted by molar-refractivity contribution is 6.05. The van der Waals surface area contributed by atoms with E-state index in [2.05, 4.69) is 9.97 Å². The molecule has 7 heteroatoms. The molecule has 0 saturated heterocycles. The molecule has 0 amide bonds. The van der Waals surface area contributed by atoms with Gasteiger partial charge in [0.1, 0.15) is 11.1 Å². The van der Waals surface area contributed by atoms with Crippen LogP contribution in [0.1, 0.15) is 23.0 Å². The summed E-state index contributed by atoms with van der Waals surface area (Å²) in [4.78, 5) is 31.5. The third kappa shape index (κ3) is 2.60. The zero-order valence-corrected chi connectivity index (χ0v) is 13.2. The van der Waals surface area contributed by atoms with Gasteiger partial charge in [-0.15, -0.1) is 0 Å². The number of aryl methyl sites for hydroxylation is 1. The van der Waals surface area contributed by atoms with Gasteiger partial charge in [0.2, 0.25) is 5.55 Å². The first-order chi connectivity index (χ1) is 11.5. The standard InChI is InChI=1S/C17H15N3O4/c1-3-23-17(22)14-12(10-4-6-19-7-5-10)13-11(24-15(14)18)8-9(2)20-16(13)21/h4-8,18H,3H2,1-2H3,(H,20,21). The summed E-state index contributed by atoms with van der Waals surface area (Å²) in [6.07, 6.45) is 3.10. The van der Waals surface area contributed by atoms with Gasteiger partial charge in [0.15, 0.2) is 0 Å². The van der Waals surface area contributed by atoms with E-state index in [0.29, 0.717) is 16.8 Å². The van der Waals surface area contributed by atoms with E-state index in [9.17, 15) is 9.59 Å². The number of carbonyl (C=O) groups excluding carboxylic acids is 1. The lowest BCUT2D eigenvalue weighted by molar-refractivity contribution is 0.0522. The van der Waals surface area contributed by atoms with Gasteiger partial charge in [-0.2, -0.15) is 0 Å². The van der Waals surface area contributed by atoms with E-state index in [1.807, 2.05) is 0 Å². The molecular formula is C17H15N3O4. The average molecular weight is 325 g/mol. The summed E-state index contributed by atoms with van der Waals surface area (Å²) in [6.45, 7) is 3.53. The van der Waals surface area contributed by atoms with Gasteiger partial charge < -0.3 is 14.1 Å². The molecule has 24 heavy (non-hydrogen) atoms. The summed E-state index contributed by atoms with van der Waals surface area (Å²) in [5, 5.41) is 8.30. The number of nitrogens with one attached hydrogen (secondary N) is 2. The van der Waals surface area contributed by atoms with Crippen molar-refractivity contribution in [2.75, 3.05) is 6.61 Å². The Morgan fingerprint density at radius 1 is 1.38 bits per heavy atom. The predicted molar refractivity (Wildman–Crippen MR) is 86.6 cm³/mol. The fraction of sp³-hybridized carbons (Fsp3) is 0.176. The topological polar surface area (TPSA) is 109 Å². The zero-order chi connectivity index (χ0) is 17.3. The average Bonchev–Trinajstić information content (AvgIpc) is 2.54. The van der Waals surface area contributed by atoms with Crippen LogP contribution in [0.2, 0.25) is 0 Å². The first-order valence-corrected chi connectivity index (χ1v) is 7.35. The van der Waals surface area contributed by atoms with Crippen molar-refractivity contribution in [2.45, 2.75) is 13.8 Å². The second kappa shape index (κ2) is 6.11. The largest absolute Gasteiger partial charge is 0.462 e. The molecule has 3 aromatic rings. The lowest BCUT2D eigenvalue weighted by Gasteiger charge is -2.11. The van der Waals surface area contributed by atoms with Gasteiger partial charge in [0.05, 0.1) is 12.0 Å². The monoisotopic (exact) mass is 325 g/mol. The molecule has 0 aliphatic rings. The predicted octanol–water partition coefficient (Wildman–Crippen LogP) is 2.15. The summed E-state index contributed by atoms with van der Waals surface area (Å²) in [7, 11) is 0. The van der Waals surface area contributed by atoms with Gasteiger partial charge >= 0.3 is 5.97 Å². The van der Waals surface area contributed by atoms with E-state index in [1.54, 1.807) is 44.4 Å². The van der Waals surface area contributed by atoms with Gasteiger partial charge in [-0.25, -0.2) is 4.79 Å². The lowest BCUT2D eigenvalue weighted by Crippen LogP contribution is -2.21. The minimum atomic E-state index is -0.708. The highest BCUT2D eigenvalue weighted by atomic mass is 16.5. The van der Waals surface area contributed by atoms with Crippen molar-refractivity contribution in [1.82, 2.24) is 9.97 Å². The van der Waals surface area contributed by atoms with E-state index < -0.39 is 11.5 Å². The maximum atomic E-state index is 12.5. The fourth-order valence-electron chi connectivity index (χ4n) is 2.58. The second-order valence-electron chi connectivity index (χ2n) is 5.16. The Hall–Kier alpha value is -3.22. The molecular weight excluding hydrogens is 310 g/mol. The lowest BCUT2D eigenvalue weighted by atomic mass is 9.98. The van der Waals surface area contributed by atoms with Gasteiger partial charge in [0, 0.05) is 29.7 Å². The van der Waals surface area contributed by atoms with Crippen molar-refractivity contribution < 1.29 is 13.9 Å². The van der Waals surface area contributed by atoms with Crippen LogP contribution in [0.3, 0.4) is 0 Å². The van der Waals surface area contributed by atoms with Crippen LogP contribution in [-0.4, -0.2) is 22.5 Å². The smallest absolute Gasteiger partial charge is 0.344 e. The Kier molecular flexibility index (Phi) is 3.99. The van der Waals surface area contributed by atoms with Crippen LogP contribution >= 0.6 is 0 Å². The first-order valence-electron chi connectivity index (χ1n) is 7.35. The van der Waals surface area contributed by atoms with Crippen LogP contribution in [0.15, 0.2) is 39.8 Å². The number of aromatic nitrogens is 2. The van der Waals surface area contributed by atoms with Crippen LogP contribution in [0.25, 0.3) is 22.1 Å². The van der Waals surface area contributed by atoms with Crippen LogP contribution in [0, 0.1) is 12.3 Å². The molecule has 3 heterocycles. The molecule has 0 saturated carbocycles. The number of rotatable bonds is 3. The van der Waals surface area contributed by atoms with E-state index in [4.69, 9.17) is 14.6 Å². The number of ether oxygens (including phenoxy) is 1. The quantitative estimate of drug-likeness (QED) is 0.717. The minimum absolute atomic E-state index is 0.0788. The van der Waals surface area contributed by atoms with Gasteiger partial charge in [-0.05, 0) is 31.5 Å². The van der Waals surface area contributed by atoms with Crippen LogP contribution in [0.5, 0.6) is 0 Å². The molecule has 122 valence electrons. The molecule has 7 nitrogen and oxygen atoms in total. The Balaban J connectivity index is 2.51. The van der Waals surface area contributed by atoms with E-state index in [-0.39, 0.29) is 28.7 Å². The number of carbonyl (C=O) groups is 1. The normalized spacial score (nSPS) is 10.8. The van der Waals surface area contributed by atoms with E-state index in [0.717, 1.165) is 0 Å². The third-order valence-electron chi connectivity index (χ3n) is 3.52. The molecule has 0 unspecified atom stereocenters. The number of hydrogen-bond donors (Lipinski definition) is 2. The Labute approximate surface area is 136 Å². The highest BCUT2D eigenvalue weighted by Gasteiger charge is 2.23. The molecule has 0 bridgehead atoms.